The van der Waals surface area contributed by atoms with Gasteiger partial charge in [-0.25, -0.2) is 13.1 Å². The van der Waals surface area contributed by atoms with Crippen molar-refractivity contribution in [2.75, 3.05) is 6.26 Å². The van der Waals surface area contributed by atoms with Crippen molar-refractivity contribution in [3.63, 3.8) is 0 Å². The molecule has 0 unspecified atom stereocenters. The summed E-state index contributed by atoms with van der Waals surface area (Å²) < 4.78 is 25.2. The van der Waals surface area contributed by atoms with Crippen LogP contribution in [0.4, 0.5) is 0 Å². The van der Waals surface area contributed by atoms with Gasteiger partial charge in [-0.15, -0.1) is 0 Å². The van der Waals surface area contributed by atoms with Gasteiger partial charge in [-0.1, -0.05) is 17.7 Å². The average Bonchev–Trinajstić information content (AvgIpc) is 2.95. The van der Waals surface area contributed by atoms with E-state index in [9.17, 15) is 8.42 Å². The molecular weight excluding hydrogens is 276 g/mol. The second kappa shape index (κ2) is 4.50. The molecule has 0 radical (unpaired) electrons. The lowest BCUT2D eigenvalue weighted by Crippen LogP contribution is -2.36. The molecule has 0 spiro atoms. The van der Waals surface area contributed by atoms with Gasteiger partial charge in [-0.2, -0.15) is 0 Å². The summed E-state index contributed by atoms with van der Waals surface area (Å²) in [6.45, 7) is 0. The van der Waals surface area contributed by atoms with E-state index in [-0.39, 0.29) is 5.46 Å². The summed E-state index contributed by atoms with van der Waals surface area (Å²) in [5.74, 6) is 0. The summed E-state index contributed by atoms with van der Waals surface area (Å²) in [5.41, 5.74) is 0.255. The van der Waals surface area contributed by atoms with Crippen LogP contribution in [0.2, 0.25) is 5.02 Å². The molecular formula is C10H13BClNO4S. The number of benzene rings is 1. The third-order valence-corrected chi connectivity index (χ3v) is 3.88. The molecule has 0 aliphatic heterocycles. The Balaban J connectivity index is 2.39. The predicted molar refractivity (Wildman–Crippen MR) is 70.2 cm³/mol. The minimum absolute atomic E-state index is 0.249. The zero-order valence-electron chi connectivity index (χ0n) is 9.72. The molecule has 18 heavy (non-hydrogen) atoms. The van der Waals surface area contributed by atoms with Crippen molar-refractivity contribution < 1.29 is 18.5 Å². The second-order valence-corrected chi connectivity index (χ2v) is 6.79. The summed E-state index contributed by atoms with van der Waals surface area (Å²) >= 11 is 5.90. The van der Waals surface area contributed by atoms with Crippen LogP contribution in [-0.4, -0.2) is 31.8 Å². The number of sulfonamides is 1. The Morgan fingerprint density at radius 3 is 2.39 bits per heavy atom. The lowest BCUT2D eigenvalue weighted by Gasteiger charge is -2.17. The standard InChI is InChI=1S/C10H13BClNO4S/c1-18(16,17)13-10(2-3-10)7-4-8(11(14)15)6-9(12)5-7/h4-6,13-15H,2-3H2,1H3. The summed E-state index contributed by atoms with van der Waals surface area (Å²) in [5, 5.41) is 18.6. The molecule has 1 aliphatic rings. The first-order chi connectivity index (χ1) is 8.22. The highest BCUT2D eigenvalue weighted by atomic mass is 35.5. The van der Waals surface area contributed by atoms with Gasteiger partial charge < -0.3 is 10.0 Å². The lowest BCUT2D eigenvalue weighted by molar-refractivity contribution is 0.425. The van der Waals surface area contributed by atoms with E-state index < -0.39 is 22.7 Å². The van der Waals surface area contributed by atoms with Crippen molar-refractivity contribution in [3.8, 4) is 0 Å². The Morgan fingerprint density at radius 2 is 1.94 bits per heavy atom. The van der Waals surface area contributed by atoms with Gasteiger partial charge >= 0.3 is 7.12 Å². The highest BCUT2D eigenvalue weighted by Gasteiger charge is 2.47. The van der Waals surface area contributed by atoms with Crippen LogP contribution in [0.25, 0.3) is 0 Å². The fourth-order valence-electron chi connectivity index (χ4n) is 1.97. The van der Waals surface area contributed by atoms with Gasteiger partial charge in [0.05, 0.1) is 11.8 Å². The highest BCUT2D eigenvalue weighted by Crippen LogP contribution is 2.46. The first kappa shape index (κ1) is 13.8. The van der Waals surface area contributed by atoms with Crippen molar-refractivity contribution in [2.24, 2.45) is 0 Å². The quantitative estimate of drug-likeness (QED) is 0.656. The molecule has 0 amide bonds. The highest BCUT2D eigenvalue weighted by molar-refractivity contribution is 7.88. The summed E-state index contributed by atoms with van der Waals surface area (Å²) in [7, 11) is -4.96. The van der Waals surface area contributed by atoms with E-state index in [1.54, 1.807) is 12.1 Å². The molecule has 1 saturated carbocycles. The van der Waals surface area contributed by atoms with Crippen molar-refractivity contribution in [1.82, 2.24) is 4.72 Å². The molecule has 8 heteroatoms. The van der Waals surface area contributed by atoms with E-state index in [4.69, 9.17) is 21.6 Å². The van der Waals surface area contributed by atoms with Crippen molar-refractivity contribution in [1.29, 1.82) is 0 Å². The summed E-state index contributed by atoms with van der Waals surface area (Å²) in [4.78, 5) is 0. The zero-order valence-corrected chi connectivity index (χ0v) is 11.3. The van der Waals surface area contributed by atoms with Crippen molar-refractivity contribution in [3.05, 3.63) is 28.8 Å². The van der Waals surface area contributed by atoms with Gasteiger partial charge in [0.1, 0.15) is 0 Å². The number of rotatable bonds is 4. The Labute approximate surface area is 111 Å². The van der Waals surface area contributed by atoms with E-state index in [0.29, 0.717) is 23.4 Å². The minimum atomic E-state index is -3.33. The Bertz CT molecular complexity index is 571. The molecule has 2 rings (SSSR count). The maximum Gasteiger partial charge on any atom is 0.488 e. The van der Waals surface area contributed by atoms with E-state index >= 15 is 0 Å². The molecule has 1 aliphatic carbocycles. The maximum absolute atomic E-state index is 11.3. The Hall–Kier alpha value is -0.595. The smallest absolute Gasteiger partial charge is 0.423 e. The molecule has 5 nitrogen and oxygen atoms in total. The van der Waals surface area contributed by atoms with Crippen LogP contribution in [0, 0.1) is 0 Å². The van der Waals surface area contributed by atoms with Gasteiger partial charge in [0, 0.05) is 5.02 Å². The number of hydrogen-bond acceptors (Lipinski definition) is 4. The van der Waals surface area contributed by atoms with Gasteiger partial charge in [-0.3, -0.25) is 0 Å². The predicted octanol–water partition coefficient (Wildman–Crippen LogP) is -0.442. The van der Waals surface area contributed by atoms with Crippen LogP contribution in [0.15, 0.2) is 18.2 Å². The minimum Gasteiger partial charge on any atom is -0.423 e. The van der Waals surface area contributed by atoms with E-state index in [0.717, 1.165) is 6.26 Å². The number of nitrogens with one attached hydrogen (secondary N) is 1. The van der Waals surface area contributed by atoms with Gasteiger partial charge in [-0.05, 0) is 36.0 Å². The normalized spacial score (nSPS) is 17.6. The maximum atomic E-state index is 11.3. The third-order valence-electron chi connectivity index (χ3n) is 2.90. The molecule has 1 aromatic rings. The van der Waals surface area contributed by atoms with Crippen LogP contribution >= 0.6 is 11.6 Å². The first-order valence-electron chi connectivity index (χ1n) is 5.38. The molecule has 98 valence electrons. The van der Waals surface area contributed by atoms with Crippen molar-refractivity contribution in [2.45, 2.75) is 18.4 Å². The van der Waals surface area contributed by atoms with Crippen LogP contribution < -0.4 is 10.2 Å². The molecule has 3 N–H and O–H groups in total. The molecule has 0 bridgehead atoms. The monoisotopic (exact) mass is 289 g/mol. The van der Waals surface area contributed by atoms with Crippen LogP contribution in [0.3, 0.4) is 0 Å². The molecule has 0 atom stereocenters. The van der Waals surface area contributed by atoms with Gasteiger partial charge in [0.25, 0.3) is 0 Å². The Morgan fingerprint density at radius 1 is 1.33 bits per heavy atom. The van der Waals surface area contributed by atoms with E-state index in [1.807, 2.05) is 0 Å². The number of hydrogen-bond donors (Lipinski definition) is 3. The SMILES string of the molecule is CS(=O)(=O)NC1(c2cc(Cl)cc(B(O)O)c2)CC1. The van der Waals surface area contributed by atoms with Crippen LogP contribution in [0.5, 0.6) is 0 Å². The van der Waals surface area contributed by atoms with Crippen molar-refractivity contribution >= 4 is 34.2 Å². The molecule has 0 saturated heterocycles. The fourth-order valence-corrected chi connectivity index (χ4v) is 3.24. The topological polar surface area (TPSA) is 86.6 Å². The summed E-state index contributed by atoms with van der Waals surface area (Å²) in [6.07, 6.45) is 2.43. The molecule has 0 heterocycles. The number of halogens is 1. The Kier molecular flexibility index (Phi) is 3.46. The largest absolute Gasteiger partial charge is 0.488 e. The van der Waals surface area contributed by atoms with E-state index in [2.05, 4.69) is 4.72 Å². The lowest BCUT2D eigenvalue weighted by atomic mass is 9.79. The van der Waals surface area contributed by atoms with Gasteiger partial charge in [0.2, 0.25) is 10.0 Å². The fraction of sp³-hybridized carbons (Fsp3) is 0.400. The van der Waals surface area contributed by atoms with Crippen LogP contribution in [0.1, 0.15) is 18.4 Å². The van der Waals surface area contributed by atoms with Gasteiger partial charge in [0.15, 0.2) is 0 Å². The second-order valence-electron chi connectivity index (χ2n) is 4.60. The third kappa shape index (κ3) is 3.04. The average molecular weight is 290 g/mol. The molecule has 1 fully saturated rings. The summed E-state index contributed by atoms with van der Waals surface area (Å²) in [6, 6.07) is 4.63. The first-order valence-corrected chi connectivity index (χ1v) is 7.65. The molecule has 1 aromatic carbocycles. The van der Waals surface area contributed by atoms with Crippen LogP contribution in [-0.2, 0) is 15.6 Å². The zero-order chi connectivity index (χ0) is 13.6. The van der Waals surface area contributed by atoms with E-state index in [1.165, 1.54) is 6.07 Å². The molecule has 0 aromatic heterocycles.